The van der Waals surface area contributed by atoms with Crippen LogP contribution >= 0.6 is 0 Å². The normalized spacial score (nSPS) is 17.9. The van der Waals surface area contributed by atoms with Crippen molar-refractivity contribution in [1.29, 1.82) is 0 Å². The second-order valence-electron chi connectivity index (χ2n) is 16.1. The molecule has 0 spiro atoms. The number of aromatic nitrogens is 1. The summed E-state index contributed by atoms with van der Waals surface area (Å²) >= 11 is 0.647. The number of carbonyl (C=O) groups is 1. The van der Waals surface area contributed by atoms with Crippen LogP contribution in [0.3, 0.4) is 0 Å². The number of aliphatic hydroxyl groups is 1. The Hall–Kier alpha value is -1.96. The minimum atomic E-state index is -0.495. The van der Waals surface area contributed by atoms with Gasteiger partial charge in [0.15, 0.2) is 0 Å². The third-order valence-electron chi connectivity index (χ3n) is 9.96. The Labute approximate surface area is 342 Å². The molecule has 8 heteroatoms. The van der Waals surface area contributed by atoms with Crippen LogP contribution in [0.5, 0.6) is 0 Å². The molecule has 53 heavy (non-hydrogen) atoms. The van der Waals surface area contributed by atoms with Crippen molar-refractivity contribution in [1.82, 2.24) is 15.6 Å². The van der Waals surface area contributed by atoms with Gasteiger partial charge in [0.05, 0.1) is 0 Å². The summed E-state index contributed by atoms with van der Waals surface area (Å²) in [4.78, 5) is 17.0. The number of nitrogens with zero attached hydrogens (tertiary/aromatic N) is 1. The Balaban J connectivity index is 0.000000864. The topological polar surface area (TPSA) is 126 Å². The first-order valence-corrected chi connectivity index (χ1v) is 23.8. The molecule has 1 heterocycles. The second kappa shape index (κ2) is 29.3. The van der Waals surface area contributed by atoms with E-state index in [1.54, 1.807) is 0 Å². The average molecular weight is 924 g/mol. The Morgan fingerprint density at radius 2 is 1.53 bits per heavy atom. The summed E-state index contributed by atoms with van der Waals surface area (Å²) in [5, 5.41) is 17.2. The maximum atomic E-state index is 12.5. The summed E-state index contributed by atoms with van der Waals surface area (Å²) in [6.45, 7) is 31.8. The van der Waals surface area contributed by atoms with E-state index in [1.165, 1.54) is 62.6 Å². The Kier molecular flexibility index (Phi) is 28.3. The summed E-state index contributed by atoms with van der Waals surface area (Å²) in [5.41, 5.74) is 16.3. The average Bonchev–Trinajstić information content (AvgIpc) is 3.93. The van der Waals surface area contributed by atoms with Crippen molar-refractivity contribution in [2.75, 3.05) is 0 Å². The zero-order chi connectivity index (χ0) is 40.5. The van der Waals surface area contributed by atoms with Crippen molar-refractivity contribution in [3.63, 3.8) is 0 Å². The summed E-state index contributed by atoms with van der Waals surface area (Å²) in [6, 6.07) is 5.88. The molecule has 0 aromatic carbocycles. The summed E-state index contributed by atoms with van der Waals surface area (Å²) in [6.07, 6.45) is 17.9. The van der Waals surface area contributed by atoms with Gasteiger partial charge in [-0.1, -0.05) is 71.1 Å². The maximum absolute atomic E-state index is 12.5. The van der Waals surface area contributed by atoms with E-state index in [1.807, 2.05) is 53.8 Å². The minimum absolute atomic E-state index is 0.0307. The van der Waals surface area contributed by atoms with Gasteiger partial charge >= 0.3 is 182 Å². The molecule has 3 rings (SSSR count). The number of amides is 1. The fourth-order valence-electron chi connectivity index (χ4n) is 6.43. The van der Waals surface area contributed by atoms with Gasteiger partial charge in [-0.25, -0.2) is 0 Å². The van der Waals surface area contributed by atoms with Crippen molar-refractivity contribution >= 4 is 5.91 Å². The number of pyridine rings is 1. The second-order valence-corrected chi connectivity index (χ2v) is 21.5. The standard InChI is InChI=1S/C21H38N3O2.C14H21N.C8H15N.C2H6.Hg/c1-7-8-18(20(25)11-13(2)3)23-16(6)19(12-17-9-10-17)24-21(26)14(4)15(5)22;1-12(14-9-5-6-10-15-14)11-13-7-3-2-4-8-13;1-7(2)5-4-6-8(3)9;1-2;/h7,14-15,17-20,23,25H,2,6,8-12,22H2,1,3-5H3,(H,24,26);5-6,9-10,12-13H,2-4,7-8,11H2,1H3;1,3-6,9H2,2H3;1-2H3;. The first-order valence-electron chi connectivity index (χ1n) is 20.6. The van der Waals surface area contributed by atoms with E-state index < -0.39 is 6.10 Å². The molecule has 2 fully saturated rings. The third-order valence-corrected chi connectivity index (χ3v) is 11.3. The molecule has 7 unspecified atom stereocenters. The van der Waals surface area contributed by atoms with Gasteiger partial charge in [0, 0.05) is 17.6 Å². The predicted octanol–water partition coefficient (Wildman–Crippen LogP) is 10.2. The Morgan fingerprint density at radius 3 is 2.00 bits per heavy atom. The Bertz CT molecular complexity index is 1160. The SMILES string of the molecule is C=C(C)CC(O)C(C[CH](C)[Hg])NC(=C)C(CC1CC1)NC(=O)C(C)C(C)N.C=C(C)CCCC(=C)N.CC.CC(CC1CCCCC1)c1ccccn1. The van der Waals surface area contributed by atoms with Crippen molar-refractivity contribution in [2.24, 2.45) is 29.2 Å². The minimum Gasteiger partial charge on any atom is -0.403 e. The van der Waals surface area contributed by atoms with Crippen LogP contribution in [-0.4, -0.2) is 40.2 Å². The van der Waals surface area contributed by atoms with Crippen molar-refractivity contribution in [3.8, 4) is 0 Å². The molecule has 7 nitrogen and oxygen atoms in total. The van der Waals surface area contributed by atoms with E-state index in [4.69, 9.17) is 11.5 Å². The molecule has 2 saturated carbocycles. The van der Waals surface area contributed by atoms with Gasteiger partial charge in [-0.15, -0.1) is 6.58 Å². The van der Waals surface area contributed by atoms with Gasteiger partial charge < -0.3 is 5.73 Å². The van der Waals surface area contributed by atoms with Crippen LogP contribution in [0.1, 0.15) is 157 Å². The molecule has 1 aromatic rings. The molecule has 7 N–H and O–H groups in total. The van der Waals surface area contributed by atoms with Crippen LogP contribution in [0.2, 0.25) is 3.43 Å². The van der Waals surface area contributed by atoms with Crippen molar-refractivity contribution in [2.45, 2.75) is 179 Å². The zero-order valence-corrected chi connectivity index (χ0v) is 40.9. The summed E-state index contributed by atoms with van der Waals surface area (Å²) in [5.74, 6) is 1.97. The molecule has 299 valence electrons. The number of allylic oxidation sites excluding steroid dienone is 2. The van der Waals surface area contributed by atoms with Crippen LogP contribution in [-0.2, 0) is 30.9 Å². The number of aliphatic hydroxyl groups excluding tert-OH is 1. The molecule has 2 aliphatic carbocycles. The van der Waals surface area contributed by atoms with Crippen LogP contribution in [0.15, 0.2) is 73.3 Å². The predicted molar refractivity (Wildman–Crippen MR) is 225 cm³/mol. The Morgan fingerprint density at radius 1 is 0.925 bits per heavy atom. The number of hydrogen-bond donors (Lipinski definition) is 5. The number of nitrogens with two attached hydrogens (primary N) is 2. The van der Waals surface area contributed by atoms with Crippen molar-refractivity contribution in [3.05, 3.63) is 78.9 Å². The third kappa shape index (κ3) is 25.7. The van der Waals surface area contributed by atoms with Gasteiger partial charge in [0.1, 0.15) is 0 Å². The molecule has 0 radical (unpaired) electrons. The molecule has 1 amide bonds. The maximum Gasteiger partial charge on any atom is 0.0431 e. The number of hydrogen-bond acceptors (Lipinski definition) is 6. The fraction of sp³-hybridized carbons (Fsp3) is 0.689. The molecule has 0 aliphatic heterocycles. The smallest absolute Gasteiger partial charge is 0.0431 e. The largest absolute Gasteiger partial charge is 0.403 e. The first-order chi connectivity index (χ1) is 25.0. The monoisotopic (exact) mass is 925 g/mol. The van der Waals surface area contributed by atoms with E-state index in [2.05, 4.69) is 67.9 Å². The van der Waals surface area contributed by atoms with Gasteiger partial charge in [-0.2, -0.15) is 0 Å². The molecule has 0 bridgehead atoms. The van der Waals surface area contributed by atoms with Crippen LogP contribution in [0.4, 0.5) is 0 Å². The van der Waals surface area contributed by atoms with Crippen molar-refractivity contribution < 1.29 is 36.0 Å². The van der Waals surface area contributed by atoms with Gasteiger partial charge in [0.2, 0.25) is 0 Å². The van der Waals surface area contributed by atoms with Crippen LogP contribution in [0.25, 0.3) is 0 Å². The fourth-order valence-corrected chi connectivity index (χ4v) is 7.83. The van der Waals surface area contributed by atoms with Crippen LogP contribution in [0, 0.1) is 17.8 Å². The molecular formula is C45H80HgN5O2. The summed E-state index contributed by atoms with van der Waals surface area (Å²) in [7, 11) is 0. The van der Waals surface area contributed by atoms with E-state index >= 15 is 0 Å². The first kappa shape index (κ1) is 51.0. The van der Waals surface area contributed by atoms with E-state index in [0.29, 0.717) is 47.8 Å². The zero-order valence-electron chi connectivity index (χ0n) is 35.4. The van der Waals surface area contributed by atoms with E-state index in [-0.39, 0.29) is 30.0 Å². The summed E-state index contributed by atoms with van der Waals surface area (Å²) < 4.78 is 0.629. The molecule has 7 atom stereocenters. The molecule has 0 saturated heterocycles. The number of nitrogens with one attached hydrogen (secondary N) is 2. The van der Waals surface area contributed by atoms with Gasteiger partial charge in [0.25, 0.3) is 0 Å². The van der Waals surface area contributed by atoms with Crippen LogP contribution < -0.4 is 22.1 Å². The van der Waals surface area contributed by atoms with E-state index in [9.17, 15) is 9.90 Å². The van der Waals surface area contributed by atoms with E-state index in [0.717, 1.165) is 55.0 Å². The van der Waals surface area contributed by atoms with Gasteiger partial charge in [-0.05, 0) is 56.6 Å². The molecule has 2 aliphatic rings. The van der Waals surface area contributed by atoms with Gasteiger partial charge in [-0.3, -0.25) is 4.98 Å². The number of carbonyl (C=O) groups excluding carboxylic acids is 1. The molecular weight excluding hydrogens is 843 g/mol. The molecule has 1 aromatic heterocycles. The quantitative estimate of drug-likeness (QED) is 0.0655. The number of rotatable bonds is 20.